The Morgan fingerprint density at radius 1 is 0.964 bits per heavy atom. The lowest BCUT2D eigenvalue weighted by Crippen LogP contribution is -2.35. The fraction of sp³-hybridized carbons (Fsp3) is 0.318. The van der Waals surface area contributed by atoms with Gasteiger partial charge in [0.05, 0.1) is 25.1 Å². The Balaban J connectivity index is 1.29. The van der Waals surface area contributed by atoms with E-state index in [1.54, 1.807) is 0 Å². The molecule has 0 atom stereocenters. The van der Waals surface area contributed by atoms with Gasteiger partial charge in [0.15, 0.2) is 0 Å². The topological polar surface area (TPSA) is 53.2 Å². The molecule has 5 nitrogen and oxygen atoms in total. The van der Waals surface area contributed by atoms with E-state index in [1.807, 2.05) is 30.5 Å². The molecule has 1 saturated heterocycles. The molecule has 0 saturated carbocycles. The summed E-state index contributed by atoms with van der Waals surface area (Å²) in [5.74, 6) is 0. The van der Waals surface area contributed by atoms with Crippen LogP contribution in [0, 0.1) is 0 Å². The summed E-state index contributed by atoms with van der Waals surface area (Å²) in [6.07, 6.45) is 1.88. The lowest BCUT2D eigenvalue weighted by atomic mass is 10.1. The molecule has 1 aliphatic heterocycles. The van der Waals surface area contributed by atoms with Crippen LogP contribution >= 0.6 is 11.6 Å². The Labute approximate surface area is 170 Å². The lowest BCUT2D eigenvalue weighted by molar-refractivity contribution is 0.0342. The Bertz CT molecular complexity index is 870. The van der Waals surface area contributed by atoms with Crippen molar-refractivity contribution in [3.8, 4) is 11.3 Å². The minimum Gasteiger partial charge on any atom is -0.379 e. The summed E-state index contributed by atoms with van der Waals surface area (Å²) in [6.45, 7) is 6.29. The maximum absolute atomic E-state index is 5.98. The summed E-state index contributed by atoms with van der Waals surface area (Å²) in [5, 5.41) is 11.5. The summed E-state index contributed by atoms with van der Waals surface area (Å²) in [6, 6.07) is 16.7. The quantitative estimate of drug-likeness (QED) is 0.636. The van der Waals surface area contributed by atoms with Gasteiger partial charge in [-0.15, -0.1) is 0 Å². The number of morpholine rings is 1. The van der Waals surface area contributed by atoms with Crippen LogP contribution in [0.25, 0.3) is 11.3 Å². The number of aromatic nitrogens is 2. The number of hydrogen-bond donors (Lipinski definition) is 2. The number of ether oxygens (including phenoxy) is 1. The molecule has 0 amide bonds. The number of rotatable bonds is 7. The Kier molecular flexibility index (Phi) is 6.39. The first-order valence-corrected chi connectivity index (χ1v) is 10.0. The minimum atomic E-state index is 0.736. The van der Waals surface area contributed by atoms with Crippen LogP contribution in [-0.4, -0.2) is 41.4 Å². The van der Waals surface area contributed by atoms with Gasteiger partial charge in [-0.1, -0.05) is 48.0 Å². The van der Waals surface area contributed by atoms with Gasteiger partial charge >= 0.3 is 0 Å². The summed E-state index contributed by atoms with van der Waals surface area (Å²) in [4.78, 5) is 2.44. The molecule has 1 fully saturated rings. The van der Waals surface area contributed by atoms with Crippen molar-refractivity contribution in [3.05, 3.63) is 76.4 Å². The molecule has 0 spiro atoms. The van der Waals surface area contributed by atoms with E-state index < -0.39 is 0 Å². The largest absolute Gasteiger partial charge is 0.379 e. The summed E-state index contributed by atoms with van der Waals surface area (Å²) in [5.41, 5.74) is 5.90. The first kappa shape index (κ1) is 19.2. The van der Waals surface area contributed by atoms with Gasteiger partial charge in [0.25, 0.3) is 0 Å². The van der Waals surface area contributed by atoms with Gasteiger partial charge in [0, 0.05) is 43.3 Å². The molecule has 2 aromatic carbocycles. The highest BCUT2D eigenvalue weighted by atomic mass is 35.5. The van der Waals surface area contributed by atoms with Crippen molar-refractivity contribution in [2.75, 3.05) is 26.3 Å². The second-order valence-corrected chi connectivity index (χ2v) is 7.52. The van der Waals surface area contributed by atoms with E-state index >= 15 is 0 Å². The molecule has 0 radical (unpaired) electrons. The molecule has 2 N–H and O–H groups in total. The molecule has 0 unspecified atom stereocenters. The SMILES string of the molecule is Clc1ccc(-c2[nH]ncc2CNCc2ccc(CN3CCOCC3)cc2)cc1. The molecule has 3 aromatic rings. The zero-order chi connectivity index (χ0) is 19.2. The number of hydrogen-bond acceptors (Lipinski definition) is 4. The molecule has 1 aromatic heterocycles. The Morgan fingerprint density at radius 3 is 2.43 bits per heavy atom. The molecule has 2 heterocycles. The molecular formula is C22H25ClN4O. The first-order valence-electron chi connectivity index (χ1n) is 9.65. The maximum atomic E-state index is 5.98. The van der Waals surface area contributed by atoms with Gasteiger partial charge in [-0.25, -0.2) is 0 Å². The molecule has 4 rings (SSSR count). The highest BCUT2D eigenvalue weighted by molar-refractivity contribution is 6.30. The van der Waals surface area contributed by atoms with E-state index in [-0.39, 0.29) is 0 Å². The maximum Gasteiger partial charge on any atom is 0.0695 e. The smallest absolute Gasteiger partial charge is 0.0695 e. The average molecular weight is 397 g/mol. The molecular weight excluding hydrogens is 372 g/mol. The monoisotopic (exact) mass is 396 g/mol. The molecule has 0 bridgehead atoms. The van der Waals surface area contributed by atoms with Crippen LogP contribution in [0.2, 0.25) is 5.02 Å². The van der Waals surface area contributed by atoms with Crippen molar-refractivity contribution in [1.29, 1.82) is 0 Å². The van der Waals surface area contributed by atoms with Crippen LogP contribution in [0.1, 0.15) is 16.7 Å². The third kappa shape index (κ3) is 5.00. The second-order valence-electron chi connectivity index (χ2n) is 7.09. The molecule has 0 aliphatic carbocycles. The Hall–Kier alpha value is -2.18. The van der Waals surface area contributed by atoms with E-state index in [0.717, 1.165) is 67.8 Å². The summed E-state index contributed by atoms with van der Waals surface area (Å²) >= 11 is 5.98. The fourth-order valence-corrected chi connectivity index (χ4v) is 3.56. The predicted octanol–water partition coefficient (Wildman–Crippen LogP) is 3.85. The highest BCUT2D eigenvalue weighted by Crippen LogP contribution is 2.23. The zero-order valence-corrected chi connectivity index (χ0v) is 16.6. The standard InChI is InChI=1S/C22H25ClN4O/c23-21-7-5-19(6-8-21)22-20(15-25-26-22)14-24-13-17-1-3-18(4-2-17)16-27-9-11-28-12-10-27/h1-8,15,24H,9-14,16H2,(H,25,26). The number of H-pyrrole nitrogens is 1. The normalized spacial score (nSPS) is 15.0. The Morgan fingerprint density at radius 2 is 1.68 bits per heavy atom. The number of nitrogens with one attached hydrogen (secondary N) is 2. The number of nitrogens with zero attached hydrogens (tertiary/aromatic N) is 2. The number of halogens is 1. The minimum absolute atomic E-state index is 0.736. The van der Waals surface area contributed by atoms with Gasteiger partial charge in [-0.05, 0) is 28.8 Å². The lowest BCUT2D eigenvalue weighted by Gasteiger charge is -2.26. The summed E-state index contributed by atoms with van der Waals surface area (Å²) < 4.78 is 5.41. The zero-order valence-electron chi connectivity index (χ0n) is 15.8. The number of benzene rings is 2. The van der Waals surface area contributed by atoms with Crippen molar-refractivity contribution in [3.63, 3.8) is 0 Å². The molecule has 1 aliphatic rings. The highest BCUT2D eigenvalue weighted by Gasteiger charge is 2.11. The second kappa shape index (κ2) is 9.34. The van der Waals surface area contributed by atoms with Crippen LogP contribution < -0.4 is 5.32 Å². The van der Waals surface area contributed by atoms with Crippen molar-refractivity contribution in [2.24, 2.45) is 0 Å². The van der Waals surface area contributed by atoms with Crippen molar-refractivity contribution in [2.45, 2.75) is 19.6 Å². The van der Waals surface area contributed by atoms with E-state index in [0.29, 0.717) is 0 Å². The summed E-state index contributed by atoms with van der Waals surface area (Å²) in [7, 11) is 0. The number of aromatic amines is 1. The fourth-order valence-electron chi connectivity index (χ4n) is 3.43. The first-order chi connectivity index (χ1) is 13.8. The van der Waals surface area contributed by atoms with Gasteiger partial charge < -0.3 is 10.1 Å². The van der Waals surface area contributed by atoms with E-state index in [1.165, 1.54) is 11.1 Å². The van der Waals surface area contributed by atoms with Crippen LogP contribution in [0.4, 0.5) is 0 Å². The van der Waals surface area contributed by atoms with Gasteiger partial charge in [0.1, 0.15) is 0 Å². The van der Waals surface area contributed by atoms with Crippen LogP contribution in [0.3, 0.4) is 0 Å². The van der Waals surface area contributed by atoms with Gasteiger partial charge in [-0.3, -0.25) is 10.00 Å². The van der Waals surface area contributed by atoms with E-state index in [9.17, 15) is 0 Å². The van der Waals surface area contributed by atoms with Crippen molar-refractivity contribution in [1.82, 2.24) is 20.4 Å². The predicted molar refractivity (Wildman–Crippen MR) is 112 cm³/mol. The third-order valence-electron chi connectivity index (χ3n) is 5.03. The van der Waals surface area contributed by atoms with Crippen molar-refractivity contribution >= 4 is 11.6 Å². The average Bonchev–Trinajstić information content (AvgIpc) is 3.19. The van der Waals surface area contributed by atoms with Gasteiger partial charge in [0.2, 0.25) is 0 Å². The van der Waals surface area contributed by atoms with Crippen LogP contribution in [-0.2, 0) is 24.4 Å². The van der Waals surface area contributed by atoms with Crippen LogP contribution in [0.15, 0.2) is 54.7 Å². The molecule has 28 heavy (non-hydrogen) atoms. The molecule has 146 valence electrons. The van der Waals surface area contributed by atoms with Gasteiger partial charge in [-0.2, -0.15) is 5.10 Å². The third-order valence-corrected chi connectivity index (χ3v) is 5.28. The molecule has 6 heteroatoms. The van der Waals surface area contributed by atoms with Crippen LogP contribution in [0.5, 0.6) is 0 Å². The van der Waals surface area contributed by atoms with E-state index in [4.69, 9.17) is 16.3 Å². The van der Waals surface area contributed by atoms with E-state index in [2.05, 4.69) is 44.7 Å². The van der Waals surface area contributed by atoms with Crippen molar-refractivity contribution < 1.29 is 4.74 Å².